The minimum Gasteiger partial charge on any atom is -0.385 e. The minimum atomic E-state index is 0.529. The molecule has 0 bridgehead atoms. The van der Waals surface area contributed by atoms with Crippen LogP contribution in [-0.2, 0) is 11.3 Å². The molecule has 5 heteroatoms. The first-order valence-corrected chi connectivity index (χ1v) is 8.19. The van der Waals surface area contributed by atoms with E-state index in [1.807, 2.05) is 0 Å². The second kappa shape index (κ2) is 6.15. The van der Waals surface area contributed by atoms with E-state index in [0.717, 1.165) is 24.2 Å². The Morgan fingerprint density at radius 1 is 1.47 bits per heavy atom. The molecule has 1 fully saturated rings. The van der Waals surface area contributed by atoms with Crippen LogP contribution < -0.4 is 5.32 Å². The van der Waals surface area contributed by atoms with Gasteiger partial charge >= 0.3 is 0 Å². The zero-order valence-electron chi connectivity index (χ0n) is 9.89. The molecular formula is C12H17Br2NOS. The monoisotopic (exact) mass is 381 g/mol. The molecule has 1 aliphatic rings. The van der Waals surface area contributed by atoms with Gasteiger partial charge in [-0.25, -0.2) is 0 Å². The van der Waals surface area contributed by atoms with Crippen LogP contribution in [0.1, 0.15) is 24.1 Å². The van der Waals surface area contributed by atoms with Crippen molar-refractivity contribution in [3.05, 3.63) is 19.2 Å². The highest BCUT2D eigenvalue weighted by molar-refractivity contribution is 9.13. The average molecular weight is 383 g/mol. The van der Waals surface area contributed by atoms with Crippen molar-refractivity contribution in [3.63, 3.8) is 0 Å². The standard InChI is InChI=1S/C12H17Br2NOS/c1-16-5-4-12(2-3-12)8-15-7-9-6-10(13)11(14)17-9/h6,15H,2-5,7-8H2,1H3. The van der Waals surface area contributed by atoms with Crippen molar-refractivity contribution in [2.75, 3.05) is 20.3 Å². The Bertz CT molecular complexity index is 357. The maximum absolute atomic E-state index is 5.16. The molecular weight excluding hydrogens is 366 g/mol. The summed E-state index contributed by atoms with van der Waals surface area (Å²) in [5.41, 5.74) is 0.529. The first-order chi connectivity index (χ1) is 8.15. The van der Waals surface area contributed by atoms with E-state index in [1.54, 1.807) is 18.4 Å². The summed E-state index contributed by atoms with van der Waals surface area (Å²) in [4.78, 5) is 1.37. The lowest BCUT2D eigenvalue weighted by molar-refractivity contribution is 0.171. The van der Waals surface area contributed by atoms with Gasteiger partial charge in [0, 0.05) is 36.2 Å². The average Bonchev–Trinajstić information content (AvgIpc) is 2.99. The fraction of sp³-hybridized carbons (Fsp3) is 0.667. The Morgan fingerprint density at radius 2 is 2.24 bits per heavy atom. The number of halogens is 2. The van der Waals surface area contributed by atoms with Crippen molar-refractivity contribution in [1.29, 1.82) is 0 Å². The molecule has 96 valence electrons. The number of hydrogen-bond acceptors (Lipinski definition) is 3. The third-order valence-electron chi connectivity index (χ3n) is 3.29. The zero-order valence-corrected chi connectivity index (χ0v) is 13.9. The molecule has 1 aliphatic carbocycles. The van der Waals surface area contributed by atoms with E-state index >= 15 is 0 Å². The topological polar surface area (TPSA) is 21.3 Å². The second-order valence-corrected chi connectivity index (χ2v) is 7.99. The molecule has 1 aromatic heterocycles. The zero-order chi connectivity index (χ0) is 12.3. The summed E-state index contributed by atoms with van der Waals surface area (Å²) in [5.74, 6) is 0. The van der Waals surface area contributed by atoms with Gasteiger partial charge in [0.25, 0.3) is 0 Å². The highest BCUT2D eigenvalue weighted by Gasteiger charge is 2.41. The van der Waals surface area contributed by atoms with Crippen LogP contribution in [-0.4, -0.2) is 20.3 Å². The van der Waals surface area contributed by atoms with Crippen LogP contribution in [0.5, 0.6) is 0 Å². The van der Waals surface area contributed by atoms with Gasteiger partial charge in [-0.05, 0) is 62.6 Å². The van der Waals surface area contributed by atoms with Gasteiger partial charge in [-0.15, -0.1) is 11.3 Å². The number of nitrogens with one attached hydrogen (secondary N) is 1. The molecule has 1 heterocycles. The van der Waals surface area contributed by atoms with Gasteiger partial charge in [-0.2, -0.15) is 0 Å². The summed E-state index contributed by atoms with van der Waals surface area (Å²) in [6.07, 6.45) is 3.89. The van der Waals surface area contributed by atoms with Gasteiger partial charge in [0.1, 0.15) is 0 Å². The Hall–Kier alpha value is 0.580. The van der Waals surface area contributed by atoms with E-state index in [4.69, 9.17) is 4.74 Å². The van der Waals surface area contributed by atoms with Gasteiger partial charge in [0.2, 0.25) is 0 Å². The summed E-state index contributed by atoms with van der Waals surface area (Å²) < 4.78 is 7.49. The van der Waals surface area contributed by atoms with Crippen LogP contribution in [0, 0.1) is 5.41 Å². The van der Waals surface area contributed by atoms with Gasteiger partial charge in [-0.1, -0.05) is 0 Å². The molecule has 1 saturated carbocycles. The molecule has 0 amide bonds. The van der Waals surface area contributed by atoms with Crippen molar-refractivity contribution in [2.24, 2.45) is 5.41 Å². The third kappa shape index (κ3) is 4.03. The highest BCUT2D eigenvalue weighted by Crippen LogP contribution is 2.48. The Kier molecular flexibility index (Phi) is 5.06. The summed E-state index contributed by atoms with van der Waals surface area (Å²) in [5, 5.41) is 3.57. The van der Waals surface area contributed by atoms with Crippen molar-refractivity contribution < 1.29 is 4.74 Å². The number of thiophene rings is 1. The SMILES string of the molecule is COCCC1(CNCc2cc(Br)c(Br)s2)CC1. The molecule has 1 N–H and O–H groups in total. The normalized spacial score (nSPS) is 17.4. The number of ether oxygens (including phenoxy) is 1. The van der Waals surface area contributed by atoms with E-state index in [-0.39, 0.29) is 0 Å². The molecule has 0 radical (unpaired) electrons. The van der Waals surface area contributed by atoms with E-state index in [1.165, 1.54) is 27.9 Å². The number of methoxy groups -OCH3 is 1. The lowest BCUT2D eigenvalue weighted by atomic mass is 10.0. The van der Waals surface area contributed by atoms with E-state index in [0.29, 0.717) is 5.41 Å². The lowest BCUT2D eigenvalue weighted by Crippen LogP contribution is -2.24. The summed E-state index contributed by atoms with van der Waals surface area (Å²) >= 11 is 8.82. The molecule has 0 saturated heterocycles. The largest absolute Gasteiger partial charge is 0.385 e. The summed E-state index contributed by atoms with van der Waals surface area (Å²) in [6.45, 7) is 2.96. The minimum absolute atomic E-state index is 0.529. The van der Waals surface area contributed by atoms with E-state index < -0.39 is 0 Å². The number of rotatable bonds is 7. The van der Waals surface area contributed by atoms with Crippen LogP contribution in [0.3, 0.4) is 0 Å². The first-order valence-electron chi connectivity index (χ1n) is 5.79. The fourth-order valence-corrected chi connectivity index (χ4v) is 4.09. The molecule has 2 nitrogen and oxygen atoms in total. The maximum atomic E-state index is 5.16. The molecule has 1 aromatic rings. The van der Waals surface area contributed by atoms with Crippen molar-refractivity contribution in [3.8, 4) is 0 Å². The van der Waals surface area contributed by atoms with Gasteiger partial charge < -0.3 is 10.1 Å². The third-order valence-corrected chi connectivity index (χ3v) is 6.55. The quantitative estimate of drug-likeness (QED) is 0.763. The van der Waals surface area contributed by atoms with Crippen LogP contribution >= 0.6 is 43.2 Å². The van der Waals surface area contributed by atoms with Crippen LogP contribution in [0.25, 0.3) is 0 Å². The van der Waals surface area contributed by atoms with E-state index in [9.17, 15) is 0 Å². The lowest BCUT2D eigenvalue weighted by Gasteiger charge is -2.14. The van der Waals surface area contributed by atoms with Crippen LogP contribution in [0.4, 0.5) is 0 Å². The Balaban J connectivity index is 1.72. The smallest absolute Gasteiger partial charge is 0.0843 e. The molecule has 0 aromatic carbocycles. The number of hydrogen-bond donors (Lipinski definition) is 1. The predicted molar refractivity (Wildman–Crippen MR) is 79.6 cm³/mol. The first kappa shape index (κ1) is 14.0. The highest BCUT2D eigenvalue weighted by atomic mass is 79.9. The van der Waals surface area contributed by atoms with Gasteiger partial charge in [0.15, 0.2) is 0 Å². The molecule has 17 heavy (non-hydrogen) atoms. The van der Waals surface area contributed by atoms with Gasteiger partial charge in [0.05, 0.1) is 3.79 Å². The Morgan fingerprint density at radius 3 is 2.76 bits per heavy atom. The van der Waals surface area contributed by atoms with Crippen LogP contribution in [0.15, 0.2) is 14.3 Å². The van der Waals surface area contributed by atoms with Gasteiger partial charge in [-0.3, -0.25) is 0 Å². The molecule has 0 unspecified atom stereocenters. The molecule has 0 spiro atoms. The predicted octanol–water partition coefficient (Wildman–Crippen LogP) is 4.18. The fourth-order valence-electron chi connectivity index (χ4n) is 1.94. The van der Waals surface area contributed by atoms with Crippen molar-refractivity contribution in [1.82, 2.24) is 5.32 Å². The van der Waals surface area contributed by atoms with E-state index in [2.05, 4.69) is 43.2 Å². The second-order valence-electron chi connectivity index (χ2n) is 4.68. The van der Waals surface area contributed by atoms with Crippen LogP contribution in [0.2, 0.25) is 0 Å². The Labute approximate surface area is 123 Å². The summed E-state index contributed by atoms with van der Waals surface area (Å²) in [6, 6.07) is 2.18. The van der Waals surface area contributed by atoms with Crippen molar-refractivity contribution in [2.45, 2.75) is 25.8 Å². The summed E-state index contributed by atoms with van der Waals surface area (Å²) in [7, 11) is 1.78. The maximum Gasteiger partial charge on any atom is 0.0843 e. The molecule has 0 atom stereocenters. The molecule has 2 rings (SSSR count). The van der Waals surface area contributed by atoms with Crippen molar-refractivity contribution >= 4 is 43.2 Å². The molecule has 0 aliphatic heterocycles.